The van der Waals surface area contributed by atoms with Gasteiger partial charge in [0.25, 0.3) is 0 Å². The number of benzene rings is 1. The van der Waals surface area contributed by atoms with Crippen molar-refractivity contribution in [2.24, 2.45) is 5.92 Å². The molecule has 1 aliphatic carbocycles. The van der Waals surface area contributed by atoms with Crippen molar-refractivity contribution >= 4 is 27.5 Å². The summed E-state index contributed by atoms with van der Waals surface area (Å²) in [5, 5.41) is 13.9. The first-order valence-electron chi connectivity index (χ1n) is 5.99. The summed E-state index contributed by atoms with van der Waals surface area (Å²) in [6, 6.07) is 5.79. The third-order valence-corrected chi connectivity index (χ3v) is 4.36. The quantitative estimate of drug-likeness (QED) is 0.892. The molecule has 1 saturated carbocycles. The first-order chi connectivity index (χ1) is 8.16. The van der Waals surface area contributed by atoms with Crippen molar-refractivity contribution in [3.05, 3.63) is 33.3 Å². The highest BCUT2D eigenvalue weighted by Gasteiger charge is 2.24. The van der Waals surface area contributed by atoms with Gasteiger partial charge >= 0.3 is 0 Å². The topological polar surface area (TPSA) is 32.3 Å². The molecule has 1 aromatic rings. The van der Waals surface area contributed by atoms with Crippen LogP contribution in [0.25, 0.3) is 0 Å². The fourth-order valence-electron chi connectivity index (χ4n) is 2.33. The molecule has 2 rings (SSSR count). The highest BCUT2D eigenvalue weighted by molar-refractivity contribution is 9.10. The molecule has 1 aliphatic rings. The molecule has 0 amide bonds. The highest BCUT2D eigenvalue weighted by atomic mass is 79.9. The summed E-state index contributed by atoms with van der Waals surface area (Å²) < 4.78 is 1.07. The second kappa shape index (κ2) is 6.19. The van der Waals surface area contributed by atoms with Gasteiger partial charge in [-0.25, -0.2) is 0 Å². The molecule has 0 heterocycles. The molecular formula is C13H17BrClNO. The largest absolute Gasteiger partial charge is 0.393 e. The van der Waals surface area contributed by atoms with Crippen LogP contribution in [-0.2, 0) is 6.54 Å². The van der Waals surface area contributed by atoms with Crippen LogP contribution >= 0.6 is 27.5 Å². The van der Waals surface area contributed by atoms with Crippen molar-refractivity contribution in [3.63, 3.8) is 0 Å². The number of halogens is 2. The summed E-state index contributed by atoms with van der Waals surface area (Å²) in [4.78, 5) is 0. The van der Waals surface area contributed by atoms with Crippen LogP contribution in [0.4, 0.5) is 0 Å². The SMILES string of the molecule is OC1CCCC1CNCc1cc(Cl)ccc1Br. The molecule has 0 saturated heterocycles. The summed E-state index contributed by atoms with van der Waals surface area (Å²) in [6.07, 6.45) is 3.11. The van der Waals surface area contributed by atoms with Gasteiger partial charge in [0.15, 0.2) is 0 Å². The average molecular weight is 319 g/mol. The molecule has 2 atom stereocenters. The second-order valence-electron chi connectivity index (χ2n) is 4.62. The monoisotopic (exact) mass is 317 g/mol. The molecule has 0 radical (unpaired) electrons. The number of nitrogens with one attached hydrogen (secondary N) is 1. The molecule has 2 N–H and O–H groups in total. The van der Waals surface area contributed by atoms with Gasteiger partial charge in [-0.15, -0.1) is 0 Å². The zero-order valence-electron chi connectivity index (χ0n) is 9.63. The number of rotatable bonds is 4. The van der Waals surface area contributed by atoms with Crippen molar-refractivity contribution in [1.29, 1.82) is 0 Å². The van der Waals surface area contributed by atoms with Crippen molar-refractivity contribution in [2.45, 2.75) is 31.9 Å². The molecule has 1 aromatic carbocycles. The predicted octanol–water partition coefficient (Wildman–Crippen LogP) is 3.35. The van der Waals surface area contributed by atoms with E-state index < -0.39 is 0 Å². The van der Waals surface area contributed by atoms with E-state index in [4.69, 9.17) is 11.6 Å². The van der Waals surface area contributed by atoms with Gasteiger partial charge in [-0.05, 0) is 42.5 Å². The summed E-state index contributed by atoms with van der Waals surface area (Å²) >= 11 is 9.47. The number of aliphatic hydroxyl groups is 1. The zero-order chi connectivity index (χ0) is 12.3. The van der Waals surface area contributed by atoms with Gasteiger partial charge in [0.1, 0.15) is 0 Å². The molecule has 0 bridgehead atoms. The number of hydrogen-bond acceptors (Lipinski definition) is 2. The predicted molar refractivity (Wildman–Crippen MR) is 74.2 cm³/mol. The Morgan fingerprint density at radius 1 is 1.41 bits per heavy atom. The van der Waals surface area contributed by atoms with E-state index in [9.17, 15) is 5.11 Å². The van der Waals surface area contributed by atoms with Crippen molar-refractivity contribution in [1.82, 2.24) is 5.32 Å². The molecule has 0 aromatic heterocycles. The van der Waals surface area contributed by atoms with Gasteiger partial charge in [-0.2, -0.15) is 0 Å². The lowest BCUT2D eigenvalue weighted by Gasteiger charge is -2.15. The molecule has 2 unspecified atom stereocenters. The van der Waals surface area contributed by atoms with E-state index in [1.54, 1.807) is 0 Å². The molecule has 1 fully saturated rings. The van der Waals surface area contributed by atoms with Crippen LogP contribution in [0.3, 0.4) is 0 Å². The smallest absolute Gasteiger partial charge is 0.0580 e. The Morgan fingerprint density at radius 2 is 2.24 bits per heavy atom. The van der Waals surface area contributed by atoms with Crippen molar-refractivity contribution in [2.75, 3.05) is 6.54 Å². The fourth-order valence-corrected chi connectivity index (χ4v) is 2.91. The normalized spacial score (nSPS) is 24.2. The van der Waals surface area contributed by atoms with E-state index >= 15 is 0 Å². The third-order valence-electron chi connectivity index (χ3n) is 3.35. The van der Waals surface area contributed by atoms with Crippen LogP contribution in [0.1, 0.15) is 24.8 Å². The summed E-state index contributed by atoms with van der Waals surface area (Å²) in [5.41, 5.74) is 1.16. The van der Waals surface area contributed by atoms with Crippen LogP contribution < -0.4 is 5.32 Å². The minimum Gasteiger partial charge on any atom is -0.393 e. The van der Waals surface area contributed by atoms with Crippen LogP contribution in [0.5, 0.6) is 0 Å². The van der Waals surface area contributed by atoms with Crippen LogP contribution in [0.15, 0.2) is 22.7 Å². The maximum absolute atomic E-state index is 9.71. The van der Waals surface area contributed by atoms with Gasteiger partial charge in [0.2, 0.25) is 0 Å². The minimum atomic E-state index is -0.120. The molecule has 17 heavy (non-hydrogen) atoms. The lowest BCUT2D eigenvalue weighted by atomic mass is 10.1. The van der Waals surface area contributed by atoms with Crippen LogP contribution in [-0.4, -0.2) is 17.8 Å². The lowest BCUT2D eigenvalue weighted by molar-refractivity contribution is 0.131. The first-order valence-corrected chi connectivity index (χ1v) is 7.16. The fraction of sp³-hybridized carbons (Fsp3) is 0.538. The van der Waals surface area contributed by atoms with E-state index in [-0.39, 0.29) is 6.10 Å². The third kappa shape index (κ3) is 3.68. The molecule has 0 spiro atoms. The van der Waals surface area contributed by atoms with Gasteiger partial charge in [-0.1, -0.05) is 34.0 Å². The minimum absolute atomic E-state index is 0.120. The molecule has 94 valence electrons. The molecule has 2 nitrogen and oxygen atoms in total. The molecule has 4 heteroatoms. The molecule has 0 aliphatic heterocycles. The Kier molecular flexibility index (Phi) is 4.86. The highest BCUT2D eigenvalue weighted by Crippen LogP contribution is 2.25. The first kappa shape index (κ1) is 13.3. The number of hydrogen-bond donors (Lipinski definition) is 2. The van der Waals surface area contributed by atoms with E-state index in [2.05, 4.69) is 21.2 Å². The van der Waals surface area contributed by atoms with Crippen LogP contribution in [0.2, 0.25) is 5.02 Å². The van der Waals surface area contributed by atoms with E-state index in [0.717, 1.165) is 47.4 Å². The molecular weight excluding hydrogens is 302 g/mol. The Balaban J connectivity index is 1.83. The second-order valence-corrected chi connectivity index (χ2v) is 5.92. The van der Waals surface area contributed by atoms with E-state index in [1.165, 1.54) is 0 Å². The van der Waals surface area contributed by atoms with Crippen molar-refractivity contribution in [3.8, 4) is 0 Å². The van der Waals surface area contributed by atoms with Gasteiger partial charge in [0, 0.05) is 22.6 Å². The summed E-state index contributed by atoms with van der Waals surface area (Å²) in [5.74, 6) is 0.410. The van der Waals surface area contributed by atoms with Crippen molar-refractivity contribution < 1.29 is 5.11 Å². The zero-order valence-corrected chi connectivity index (χ0v) is 12.0. The Bertz CT molecular complexity index is 386. The Labute approximate surface area is 115 Å². The lowest BCUT2D eigenvalue weighted by Crippen LogP contribution is -2.27. The van der Waals surface area contributed by atoms with E-state index in [1.807, 2.05) is 18.2 Å². The summed E-state index contributed by atoms with van der Waals surface area (Å²) in [6.45, 7) is 1.66. The average Bonchev–Trinajstić information content (AvgIpc) is 2.70. The maximum atomic E-state index is 9.71. The Morgan fingerprint density at radius 3 is 2.94 bits per heavy atom. The Hall–Kier alpha value is -0.0900. The van der Waals surface area contributed by atoms with E-state index in [0.29, 0.717) is 5.92 Å². The standard InChI is InChI=1S/C13H17BrClNO/c14-12-5-4-11(15)6-10(12)8-16-7-9-2-1-3-13(9)17/h4-6,9,13,16-17H,1-3,7-8H2. The maximum Gasteiger partial charge on any atom is 0.0580 e. The van der Waals surface area contributed by atoms with Gasteiger partial charge in [0.05, 0.1) is 6.10 Å². The van der Waals surface area contributed by atoms with Crippen LogP contribution in [0, 0.1) is 5.92 Å². The van der Waals surface area contributed by atoms with Gasteiger partial charge < -0.3 is 10.4 Å². The summed E-state index contributed by atoms with van der Waals surface area (Å²) in [7, 11) is 0. The van der Waals surface area contributed by atoms with Gasteiger partial charge in [-0.3, -0.25) is 0 Å². The number of aliphatic hydroxyl groups excluding tert-OH is 1.